The molecule has 0 heterocycles. The van der Waals surface area contributed by atoms with Crippen LogP contribution in [0.1, 0.15) is 51.9 Å². The van der Waals surface area contributed by atoms with Gasteiger partial charge in [-0.25, -0.2) is 4.79 Å². The van der Waals surface area contributed by atoms with E-state index in [1.165, 1.54) is 37.7 Å². The van der Waals surface area contributed by atoms with E-state index in [0.717, 1.165) is 12.8 Å². The molecule has 2 nitrogen and oxygen atoms in total. The highest BCUT2D eigenvalue weighted by Gasteiger charge is 2.56. The Morgan fingerprint density at radius 2 is 2.09 bits per heavy atom. The van der Waals surface area contributed by atoms with E-state index >= 15 is 0 Å². The molecule has 0 spiro atoms. The van der Waals surface area contributed by atoms with E-state index in [0.29, 0.717) is 17.8 Å². The SMILES string of the molecule is C[C@]12C=CC(=O)C=C1CC[C@H]1[C@@H]3CCC[C@@]3(C=C=O)CC[C@@H]12. The minimum atomic E-state index is 0.0659. The third-order valence-corrected chi connectivity index (χ3v) is 7.32. The Bertz CT molecular complexity index is 622. The number of hydrogen-bond donors (Lipinski definition) is 0. The highest BCUT2D eigenvalue weighted by Crippen LogP contribution is 2.64. The normalized spacial score (nSPS) is 46.1. The van der Waals surface area contributed by atoms with Gasteiger partial charge in [0.05, 0.1) is 0 Å². The molecule has 0 N–H and O–H groups in total. The van der Waals surface area contributed by atoms with Crippen LogP contribution in [0.15, 0.2) is 29.9 Å². The molecule has 4 aliphatic carbocycles. The zero-order valence-corrected chi connectivity index (χ0v) is 13.3. The molecule has 116 valence electrons. The minimum Gasteiger partial charge on any atom is -0.290 e. The Morgan fingerprint density at radius 3 is 2.91 bits per heavy atom. The highest BCUT2D eigenvalue weighted by molar-refractivity contribution is 6.01. The van der Waals surface area contributed by atoms with Gasteiger partial charge in [0, 0.05) is 16.9 Å². The van der Waals surface area contributed by atoms with Crippen LogP contribution in [0.4, 0.5) is 0 Å². The van der Waals surface area contributed by atoms with Gasteiger partial charge < -0.3 is 0 Å². The van der Waals surface area contributed by atoms with Crippen LogP contribution < -0.4 is 0 Å². The van der Waals surface area contributed by atoms with Crippen LogP contribution in [-0.4, -0.2) is 11.7 Å². The molecule has 0 radical (unpaired) electrons. The van der Waals surface area contributed by atoms with Crippen molar-refractivity contribution in [3.8, 4) is 0 Å². The first-order valence-corrected chi connectivity index (χ1v) is 8.75. The summed E-state index contributed by atoms with van der Waals surface area (Å²) < 4.78 is 0. The van der Waals surface area contributed by atoms with Crippen molar-refractivity contribution in [1.82, 2.24) is 0 Å². The van der Waals surface area contributed by atoms with Crippen LogP contribution >= 0.6 is 0 Å². The van der Waals surface area contributed by atoms with Gasteiger partial charge in [-0.1, -0.05) is 25.0 Å². The lowest BCUT2D eigenvalue weighted by Crippen LogP contribution is -2.48. The van der Waals surface area contributed by atoms with Gasteiger partial charge in [0.1, 0.15) is 5.94 Å². The molecule has 2 heteroatoms. The molecule has 0 aromatic carbocycles. The van der Waals surface area contributed by atoms with Gasteiger partial charge in [-0.05, 0) is 68.4 Å². The quantitative estimate of drug-likeness (QED) is 0.684. The van der Waals surface area contributed by atoms with Gasteiger partial charge in [-0.2, -0.15) is 0 Å². The van der Waals surface area contributed by atoms with Gasteiger partial charge in [0.2, 0.25) is 0 Å². The lowest BCUT2D eigenvalue weighted by Gasteiger charge is -2.56. The summed E-state index contributed by atoms with van der Waals surface area (Å²) >= 11 is 0. The first kappa shape index (κ1) is 14.2. The summed E-state index contributed by atoms with van der Waals surface area (Å²) in [4.78, 5) is 22.8. The van der Waals surface area contributed by atoms with Crippen molar-refractivity contribution < 1.29 is 9.59 Å². The molecule has 0 unspecified atom stereocenters. The van der Waals surface area contributed by atoms with Crippen molar-refractivity contribution in [1.29, 1.82) is 0 Å². The summed E-state index contributed by atoms with van der Waals surface area (Å²) in [6.07, 6.45) is 15.9. The van der Waals surface area contributed by atoms with Crippen LogP contribution in [0.2, 0.25) is 0 Å². The van der Waals surface area contributed by atoms with Gasteiger partial charge in [0.15, 0.2) is 5.78 Å². The molecule has 4 rings (SSSR count). The number of ketones is 1. The van der Waals surface area contributed by atoms with Crippen LogP contribution in [0, 0.1) is 28.6 Å². The lowest BCUT2D eigenvalue weighted by atomic mass is 9.48. The summed E-state index contributed by atoms with van der Waals surface area (Å²) in [5, 5.41) is 0. The average Bonchev–Trinajstić information content (AvgIpc) is 2.92. The predicted octanol–water partition coefficient (Wildman–Crippen LogP) is 4.05. The molecular formula is C20H24O2. The van der Waals surface area contributed by atoms with Crippen molar-refractivity contribution in [3.63, 3.8) is 0 Å². The average molecular weight is 296 g/mol. The number of carbonyl (C=O) groups excluding carboxylic acids is 2. The van der Waals surface area contributed by atoms with Crippen molar-refractivity contribution in [2.24, 2.45) is 28.6 Å². The van der Waals surface area contributed by atoms with E-state index in [1.807, 2.05) is 12.2 Å². The maximum absolute atomic E-state index is 11.7. The van der Waals surface area contributed by atoms with Crippen molar-refractivity contribution in [3.05, 3.63) is 29.9 Å². The number of fused-ring (bicyclic) bond motifs is 5. The maximum atomic E-state index is 11.7. The Labute approximate surface area is 132 Å². The first-order valence-electron chi connectivity index (χ1n) is 8.75. The molecular weight excluding hydrogens is 272 g/mol. The first-order chi connectivity index (χ1) is 10.6. The monoisotopic (exact) mass is 296 g/mol. The Kier molecular flexibility index (Phi) is 3.10. The highest BCUT2D eigenvalue weighted by atomic mass is 16.1. The third kappa shape index (κ3) is 1.80. The van der Waals surface area contributed by atoms with Crippen molar-refractivity contribution in [2.45, 2.75) is 51.9 Å². The summed E-state index contributed by atoms with van der Waals surface area (Å²) in [6.45, 7) is 2.33. The lowest BCUT2D eigenvalue weighted by molar-refractivity contribution is -0.111. The fourth-order valence-electron chi connectivity index (χ4n) is 6.27. The fourth-order valence-corrected chi connectivity index (χ4v) is 6.27. The number of rotatable bonds is 1. The van der Waals surface area contributed by atoms with Gasteiger partial charge in [-0.3, -0.25) is 4.79 Å². The molecule has 3 saturated carbocycles. The van der Waals surface area contributed by atoms with Crippen LogP contribution in [-0.2, 0) is 9.59 Å². The molecule has 0 amide bonds. The Hall–Kier alpha value is -1.40. The summed E-state index contributed by atoms with van der Waals surface area (Å²) in [6, 6.07) is 0. The van der Waals surface area contributed by atoms with Crippen molar-refractivity contribution >= 4 is 11.7 Å². The van der Waals surface area contributed by atoms with E-state index in [1.54, 1.807) is 6.08 Å². The second-order valence-corrected chi connectivity index (χ2v) is 8.03. The smallest absolute Gasteiger partial charge is 0.178 e. The third-order valence-electron chi connectivity index (χ3n) is 7.32. The number of allylic oxidation sites excluding steroid dienone is 5. The molecule has 0 aliphatic heterocycles. The second-order valence-electron chi connectivity index (χ2n) is 8.03. The molecule has 5 atom stereocenters. The minimum absolute atomic E-state index is 0.0659. The van der Waals surface area contributed by atoms with E-state index in [-0.39, 0.29) is 16.6 Å². The molecule has 0 aromatic heterocycles. The van der Waals surface area contributed by atoms with E-state index in [4.69, 9.17) is 0 Å². The fraction of sp³-hybridized carbons (Fsp3) is 0.650. The number of carbonyl (C=O) groups is 1. The zero-order chi connectivity index (χ0) is 15.4. The van der Waals surface area contributed by atoms with Crippen LogP contribution in [0.25, 0.3) is 0 Å². The zero-order valence-electron chi connectivity index (χ0n) is 13.3. The predicted molar refractivity (Wildman–Crippen MR) is 85.8 cm³/mol. The number of hydrogen-bond acceptors (Lipinski definition) is 2. The molecule has 3 fully saturated rings. The van der Waals surface area contributed by atoms with Gasteiger partial charge >= 0.3 is 0 Å². The summed E-state index contributed by atoms with van der Waals surface area (Å²) in [5.41, 5.74) is 1.54. The maximum Gasteiger partial charge on any atom is 0.178 e. The standard InChI is InChI=1S/C20H24O2/c1-19-9-6-15(22)13-14(19)4-5-16-17(19)7-10-20(11-12-21)8-2-3-18(16)20/h6,9,11,13,16-18H,2-5,7-8,10H2,1H3/t16-,17+,18+,19+,20+/m1/s1. The topological polar surface area (TPSA) is 34.1 Å². The summed E-state index contributed by atoms with van der Waals surface area (Å²) in [7, 11) is 0. The molecule has 4 aliphatic rings. The molecule has 22 heavy (non-hydrogen) atoms. The van der Waals surface area contributed by atoms with Crippen molar-refractivity contribution in [2.75, 3.05) is 0 Å². The Morgan fingerprint density at radius 1 is 1.23 bits per heavy atom. The summed E-state index contributed by atoms with van der Waals surface area (Å²) in [5.74, 6) is 4.25. The molecule has 0 bridgehead atoms. The van der Waals surface area contributed by atoms with Crippen LogP contribution in [0.3, 0.4) is 0 Å². The van der Waals surface area contributed by atoms with Crippen LogP contribution in [0.5, 0.6) is 0 Å². The van der Waals surface area contributed by atoms with E-state index in [2.05, 4.69) is 18.9 Å². The second kappa shape index (κ2) is 4.80. The Balaban J connectivity index is 1.72. The van der Waals surface area contributed by atoms with E-state index in [9.17, 15) is 9.59 Å². The van der Waals surface area contributed by atoms with Gasteiger partial charge in [-0.15, -0.1) is 0 Å². The molecule has 0 aromatic rings. The van der Waals surface area contributed by atoms with E-state index < -0.39 is 0 Å². The largest absolute Gasteiger partial charge is 0.290 e. The van der Waals surface area contributed by atoms with Gasteiger partial charge in [0.25, 0.3) is 0 Å². The molecule has 0 saturated heterocycles.